The van der Waals surface area contributed by atoms with E-state index in [1.807, 2.05) is 23.9 Å². The number of anilines is 3. The van der Waals surface area contributed by atoms with E-state index in [9.17, 15) is 9.59 Å². The summed E-state index contributed by atoms with van der Waals surface area (Å²) in [6.45, 7) is 2.23. The molecular weight excluding hydrogens is 410 g/mol. The van der Waals surface area contributed by atoms with Gasteiger partial charge in [0.2, 0.25) is 5.91 Å². The van der Waals surface area contributed by atoms with Gasteiger partial charge in [0, 0.05) is 17.5 Å². The summed E-state index contributed by atoms with van der Waals surface area (Å²) in [6.07, 6.45) is 6.70. The number of carbonyl (C=O) groups is 2. The zero-order chi connectivity index (χ0) is 22.0. The molecule has 1 aromatic carbocycles. The van der Waals surface area contributed by atoms with Gasteiger partial charge in [-0.1, -0.05) is 0 Å². The lowest BCUT2D eigenvalue weighted by atomic mass is 10.1. The van der Waals surface area contributed by atoms with Crippen molar-refractivity contribution in [1.29, 1.82) is 0 Å². The van der Waals surface area contributed by atoms with E-state index in [1.54, 1.807) is 17.0 Å². The van der Waals surface area contributed by atoms with Crippen LogP contribution in [0.4, 0.5) is 22.0 Å². The molecule has 1 aliphatic heterocycles. The Kier molecular flexibility index (Phi) is 4.11. The number of nitrogens with one attached hydrogen (secondary N) is 1. The van der Waals surface area contributed by atoms with Gasteiger partial charge in [0.25, 0.3) is 0 Å². The van der Waals surface area contributed by atoms with Crippen molar-refractivity contribution in [2.24, 2.45) is 5.92 Å². The Bertz CT molecular complexity index is 1250. The number of ether oxygens (including phenoxy) is 1. The number of carbonyl (C=O) groups excluding carboxylic acids is 2. The molecule has 3 heterocycles. The lowest BCUT2D eigenvalue weighted by Crippen LogP contribution is -2.30. The second kappa shape index (κ2) is 6.91. The summed E-state index contributed by atoms with van der Waals surface area (Å²) in [4.78, 5) is 26.4. The average molecular weight is 433 g/mol. The van der Waals surface area contributed by atoms with Gasteiger partial charge in [-0.25, -0.2) is 4.79 Å². The first-order valence-electron chi connectivity index (χ1n) is 10.9. The maximum Gasteiger partial charge on any atom is 0.414 e. The van der Waals surface area contributed by atoms with Gasteiger partial charge in [-0.05, 0) is 55.9 Å². The number of nitrogen functional groups attached to an aromatic ring is 1. The van der Waals surface area contributed by atoms with Gasteiger partial charge in [0.15, 0.2) is 5.82 Å². The highest BCUT2D eigenvalue weighted by atomic mass is 16.6. The highest BCUT2D eigenvalue weighted by molar-refractivity contribution is 6.00. The molecule has 10 heteroatoms. The molecule has 3 atom stereocenters. The molecular formula is C22H23N7O3. The van der Waals surface area contributed by atoms with Crippen molar-refractivity contribution in [3.05, 3.63) is 36.2 Å². The number of nitrogens with zero attached hydrogens (tertiary/aromatic N) is 5. The molecule has 2 aromatic heterocycles. The quantitative estimate of drug-likeness (QED) is 0.592. The van der Waals surface area contributed by atoms with Crippen LogP contribution in [0.5, 0.6) is 0 Å². The minimum Gasteiger partial charge on any atom is -0.447 e. The summed E-state index contributed by atoms with van der Waals surface area (Å²) in [7, 11) is 0. The molecule has 6 rings (SSSR count). The molecule has 2 aliphatic carbocycles. The summed E-state index contributed by atoms with van der Waals surface area (Å²) < 4.78 is 7.12. The van der Waals surface area contributed by atoms with E-state index in [2.05, 4.69) is 26.8 Å². The molecule has 3 aromatic rings. The lowest BCUT2D eigenvalue weighted by Gasteiger charge is -2.19. The third kappa shape index (κ3) is 3.22. The molecule has 0 bridgehead atoms. The molecule has 3 N–H and O–H groups in total. The van der Waals surface area contributed by atoms with Crippen molar-refractivity contribution in [3.63, 3.8) is 0 Å². The Morgan fingerprint density at radius 3 is 2.84 bits per heavy atom. The van der Waals surface area contributed by atoms with Crippen molar-refractivity contribution < 1.29 is 14.3 Å². The Morgan fingerprint density at radius 1 is 1.25 bits per heavy atom. The fourth-order valence-corrected chi connectivity index (χ4v) is 4.40. The fourth-order valence-electron chi connectivity index (χ4n) is 4.40. The molecule has 1 saturated heterocycles. The smallest absolute Gasteiger partial charge is 0.414 e. The van der Waals surface area contributed by atoms with Crippen LogP contribution in [0.2, 0.25) is 0 Å². The predicted molar refractivity (Wildman–Crippen MR) is 117 cm³/mol. The van der Waals surface area contributed by atoms with Gasteiger partial charge in [-0.15, -0.1) is 10.2 Å². The summed E-state index contributed by atoms with van der Waals surface area (Å²) in [5.41, 5.74) is 8.83. The van der Waals surface area contributed by atoms with Gasteiger partial charge in [0.1, 0.15) is 12.1 Å². The van der Waals surface area contributed by atoms with Crippen LogP contribution < -0.4 is 16.0 Å². The summed E-state index contributed by atoms with van der Waals surface area (Å²) >= 11 is 0. The zero-order valence-corrected chi connectivity index (χ0v) is 17.6. The number of cyclic esters (lactones) is 1. The third-order valence-corrected chi connectivity index (χ3v) is 6.42. The molecule has 2 amide bonds. The molecule has 3 fully saturated rings. The number of fused-ring (bicyclic) bond motifs is 1. The number of hydrogen-bond donors (Lipinski definition) is 2. The largest absolute Gasteiger partial charge is 0.447 e. The Hall–Kier alpha value is -3.69. The maximum absolute atomic E-state index is 12.8. The monoisotopic (exact) mass is 433 g/mol. The average Bonchev–Trinajstić information content (AvgIpc) is 3.69. The topological polar surface area (TPSA) is 128 Å². The molecule has 32 heavy (non-hydrogen) atoms. The van der Waals surface area contributed by atoms with Crippen LogP contribution >= 0.6 is 0 Å². The second-order valence-corrected chi connectivity index (χ2v) is 8.92. The standard InChI is InChI=1S/C22H23N7O3/c1-11-10-32-22(31)29(11)15-4-12-5-19(26-27-20(12)18(23)6-15)25-21(30)17-7-16(17)13-8-24-28(9-13)14-2-3-14/h4-6,8-9,11,14,16-17H,2-3,7,10,23H2,1H3,(H,25,26,30)/t11-,16+,17-/m0/s1. The van der Waals surface area contributed by atoms with E-state index in [0.717, 1.165) is 12.0 Å². The molecule has 164 valence electrons. The highest BCUT2D eigenvalue weighted by Gasteiger charge is 2.45. The van der Waals surface area contributed by atoms with Crippen LogP contribution in [0.15, 0.2) is 30.6 Å². The molecule has 0 spiro atoms. The fraction of sp³-hybridized carbons (Fsp3) is 0.409. The first-order chi connectivity index (χ1) is 15.5. The van der Waals surface area contributed by atoms with Gasteiger partial charge >= 0.3 is 6.09 Å². The van der Waals surface area contributed by atoms with Crippen molar-refractivity contribution in [1.82, 2.24) is 20.0 Å². The lowest BCUT2D eigenvalue weighted by molar-refractivity contribution is -0.117. The number of hydrogen-bond acceptors (Lipinski definition) is 7. The number of rotatable bonds is 5. The van der Waals surface area contributed by atoms with E-state index < -0.39 is 6.09 Å². The maximum atomic E-state index is 12.8. The minimum atomic E-state index is -0.406. The van der Waals surface area contributed by atoms with E-state index >= 15 is 0 Å². The summed E-state index contributed by atoms with van der Waals surface area (Å²) in [5, 5.41) is 16.3. The van der Waals surface area contributed by atoms with E-state index in [0.29, 0.717) is 40.7 Å². The number of amides is 2. The zero-order valence-electron chi connectivity index (χ0n) is 17.6. The van der Waals surface area contributed by atoms with Crippen LogP contribution in [0, 0.1) is 5.92 Å². The molecule has 10 nitrogen and oxygen atoms in total. The molecule has 2 saturated carbocycles. The normalized spacial score (nSPS) is 24.6. The van der Waals surface area contributed by atoms with Crippen molar-refractivity contribution in [2.75, 3.05) is 22.6 Å². The van der Waals surface area contributed by atoms with Crippen LogP contribution in [0.1, 0.15) is 43.7 Å². The highest BCUT2D eigenvalue weighted by Crippen LogP contribution is 2.48. The van der Waals surface area contributed by atoms with Crippen molar-refractivity contribution in [3.8, 4) is 0 Å². The van der Waals surface area contributed by atoms with E-state index in [1.165, 1.54) is 12.8 Å². The first-order valence-corrected chi connectivity index (χ1v) is 10.9. The summed E-state index contributed by atoms with van der Waals surface area (Å²) in [6, 6.07) is 5.67. The number of benzene rings is 1. The van der Waals surface area contributed by atoms with Crippen LogP contribution in [0.25, 0.3) is 10.9 Å². The third-order valence-electron chi connectivity index (χ3n) is 6.42. The Morgan fingerprint density at radius 2 is 2.09 bits per heavy atom. The van der Waals surface area contributed by atoms with Gasteiger partial charge < -0.3 is 15.8 Å². The second-order valence-electron chi connectivity index (χ2n) is 8.92. The number of aromatic nitrogens is 4. The Labute approximate surface area is 183 Å². The SMILES string of the molecule is C[C@H]1COC(=O)N1c1cc(N)c2nnc(NC(=O)[C@H]3C[C@@H]3c3cnn(C4CC4)c3)cc2c1. The molecule has 0 radical (unpaired) electrons. The van der Waals surface area contributed by atoms with Crippen LogP contribution in [-0.2, 0) is 9.53 Å². The van der Waals surface area contributed by atoms with Gasteiger partial charge in [-0.2, -0.15) is 5.10 Å². The van der Waals surface area contributed by atoms with E-state index in [-0.39, 0.29) is 23.8 Å². The first kappa shape index (κ1) is 19.0. The minimum absolute atomic E-state index is 0.0799. The molecule has 0 unspecified atom stereocenters. The van der Waals surface area contributed by atoms with Crippen molar-refractivity contribution in [2.45, 2.75) is 44.2 Å². The van der Waals surface area contributed by atoms with E-state index in [4.69, 9.17) is 10.5 Å². The predicted octanol–water partition coefficient (Wildman–Crippen LogP) is 2.83. The Balaban J connectivity index is 1.20. The summed E-state index contributed by atoms with van der Waals surface area (Å²) in [5.74, 6) is 0.376. The van der Waals surface area contributed by atoms with Crippen molar-refractivity contribution >= 4 is 40.1 Å². The van der Waals surface area contributed by atoms with Crippen LogP contribution in [-0.4, -0.2) is 44.6 Å². The molecule has 3 aliphatic rings. The number of nitrogens with two attached hydrogens (primary N) is 1. The van der Waals surface area contributed by atoms with Crippen LogP contribution in [0.3, 0.4) is 0 Å². The van der Waals surface area contributed by atoms with Gasteiger partial charge in [-0.3, -0.25) is 14.4 Å². The van der Waals surface area contributed by atoms with Gasteiger partial charge in [0.05, 0.1) is 29.7 Å².